The van der Waals surface area contributed by atoms with Crippen molar-refractivity contribution in [3.8, 4) is 0 Å². The molecular weight excluding hydrogens is 400 g/mol. The Morgan fingerprint density at radius 1 is 1.31 bits per heavy atom. The van der Waals surface area contributed by atoms with E-state index in [1.807, 2.05) is 31.2 Å². The Kier molecular flexibility index (Phi) is 7.63. The minimum atomic E-state index is -0.402. The zero-order valence-corrected chi connectivity index (χ0v) is 16.8. The lowest BCUT2D eigenvalue weighted by molar-refractivity contribution is -0.157. The van der Waals surface area contributed by atoms with Gasteiger partial charge in [0.1, 0.15) is 0 Å². The summed E-state index contributed by atoms with van der Waals surface area (Å²) in [7, 11) is 1.68. The van der Waals surface area contributed by atoms with E-state index < -0.39 is 5.97 Å². The molecular formula is C19H25BrN2O4. The van der Waals surface area contributed by atoms with Crippen molar-refractivity contribution in [2.24, 2.45) is 5.92 Å². The first-order chi connectivity index (χ1) is 12.4. The first-order valence-corrected chi connectivity index (χ1v) is 9.63. The summed E-state index contributed by atoms with van der Waals surface area (Å²) in [6.07, 6.45) is 1.90. The Hall–Kier alpha value is -1.89. The maximum Gasteiger partial charge on any atom is 0.311 e. The van der Waals surface area contributed by atoms with Crippen LogP contribution in [0.1, 0.15) is 31.7 Å². The summed E-state index contributed by atoms with van der Waals surface area (Å²) in [5.41, 5.74) is 0.982. The molecule has 0 N–H and O–H groups in total. The fourth-order valence-corrected chi connectivity index (χ4v) is 3.36. The van der Waals surface area contributed by atoms with Gasteiger partial charge in [0.15, 0.2) is 6.61 Å². The van der Waals surface area contributed by atoms with Gasteiger partial charge in [0.05, 0.1) is 5.92 Å². The fraction of sp³-hybridized carbons (Fsp3) is 0.526. The van der Waals surface area contributed by atoms with Gasteiger partial charge in [-0.15, -0.1) is 0 Å². The van der Waals surface area contributed by atoms with Crippen LogP contribution in [-0.4, -0.2) is 54.3 Å². The van der Waals surface area contributed by atoms with Gasteiger partial charge in [0, 0.05) is 37.6 Å². The van der Waals surface area contributed by atoms with Crippen molar-refractivity contribution in [1.82, 2.24) is 9.80 Å². The van der Waals surface area contributed by atoms with Crippen molar-refractivity contribution in [2.75, 3.05) is 26.7 Å². The van der Waals surface area contributed by atoms with E-state index in [2.05, 4.69) is 15.9 Å². The molecule has 0 bridgehead atoms. The Balaban J connectivity index is 1.81. The third kappa shape index (κ3) is 5.56. The molecule has 0 aliphatic carbocycles. The second kappa shape index (κ2) is 9.71. The van der Waals surface area contributed by atoms with Crippen molar-refractivity contribution in [3.05, 3.63) is 34.3 Å². The van der Waals surface area contributed by atoms with Crippen LogP contribution in [-0.2, 0) is 25.7 Å². The van der Waals surface area contributed by atoms with Gasteiger partial charge >= 0.3 is 5.97 Å². The third-order valence-corrected chi connectivity index (χ3v) is 5.31. The Labute approximate surface area is 162 Å². The molecule has 1 aromatic carbocycles. The van der Waals surface area contributed by atoms with E-state index in [-0.39, 0.29) is 24.3 Å². The summed E-state index contributed by atoms with van der Waals surface area (Å²) in [6, 6.07) is 7.67. The number of ether oxygens (including phenoxy) is 1. The van der Waals surface area contributed by atoms with E-state index in [1.54, 1.807) is 11.9 Å². The number of carbonyl (C=O) groups is 3. The quantitative estimate of drug-likeness (QED) is 0.658. The summed E-state index contributed by atoms with van der Waals surface area (Å²) in [6.45, 7) is 3.03. The number of likely N-dealkylation sites (N-methyl/N-ethyl adjacent to an activating group) is 1. The molecule has 6 nitrogen and oxygen atoms in total. The summed E-state index contributed by atoms with van der Waals surface area (Å²) in [5, 5.41) is 0. The monoisotopic (exact) mass is 424 g/mol. The predicted molar refractivity (Wildman–Crippen MR) is 101 cm³/mol. The zero-order chi connectivity index (χ0) is 19.1. The van der Waals surface area contributed by atoms with Gasteiger partial charge in [-0.3, -0.25) is 14.4 Å². The molecule has 1 atom stereocenters. The average molecular weight is 425 g/mol. The van der Waals surface area contributed by atoms with E-state index >= 15 is 0 Å². The molecule has 1 fully saturated rings. The number of carbonyl (C=O) groups excluding carboxylic acids is 3. The van der Waals surface area contributed by atoms with Crippen molar-refractivity contribution in [2.45, 2.75) is 32.7 Å². The van der Waals surface area contributed by atoms with Crippen LogP contribution >= 0.6 is 15.9 Å². The van der Waals surface area contributed by atoms with E-state index in [0.29, 0.717) is 32.5 Å². The van der Waals surface area contributed by atoms with Crippen LogP contribution in [0.15, 0.2) is 28.7 Å². The highest BCUT2D eigenvalue weighted by molar-refractivity contribution is 9.10. The summed E-state index contributed by atoms with van der Waals surface area (Å²) in [5.74, 6) is -0.958. The molecule has 0 aromatic heterocycles. The van der Waals surface area contributed by atoms with Crippen LogP contribution in [0.4, 0.5) is 0 Å². The number of piperidine rings is 1. The highest BCUT2D eigenvalue weighted by Crippen LogP contribution is 2.19. The Morgan fingerprint density at radius 3 is 2.73 bits per heavy atom. The molecule has 0 spiro atoms. The van der Waals surface area contributed by atoms with Gasteiger partial charge in [-0.25, -0.2) is 0 Å². The number of likely N-dealkylation sites (tertiary alicyclic amines) is 1. The molecule has 0 radical (unpaired) electrons. The van der Waals surface area contributed by atoms with Crippen molar-refractivity contribution in [1.29, 1.82) is 0 Å². The van der Waals surface area contributed by atoms with Gasteiger partial charge in [-0.1, -0.05) is 41.1 Å². The predicted octanol–water partition coefficient (Wildman–Crippen LogP) is 2.60. The summed E-state index contributed by atoms with van der Waals surface area (Å²) >= 11 is 3.46. The molecule has 2 amide bonds. The molecule has 1 aromatic rings. The number of esters is 1. The smallest absolute Gasteiger partial charge is 0.311 e. The van der Waals surface area contributed by atoms with E-state index in [1.165, 1.54) is 4.90 Å². The zero-order valence-electron chi connectivity index (χ0n) is 15.2. The number of halogens is 1. The van der Waals surface area contributed by atoms with Gasteiger partial charge < -0.3 is 14.5 Å². The first-order valence-electron chi connectivity index (χ1n) is 8.84. The van der Waals surface area contributed by atoms with Crippen LogP contribution < -0.4 is 0 Å². The van der Waals surface area contributed by atoms with Crippen molar-refractivity contribution < 1.29 is 19.1 Å². The molecule has 1 unspecified atom stereocenters. The summed E-state index contributed by atoms with van der Waals surface area (Å²) in [4.78, 5) is 39.5. The fourth-order valence-electron chi connectivity index (χ4n) is 2.95. The minimum Gasteiger partial charge on any atom is -0.455 e. The molecule has 0 saturated carbocycles. The van der Waals surface area contributed by atoms with E-state index in [0.717, 1.165) is 16.5 Å². The lowest BCUT2D eigenvalue weighted by Crippen LogP contribution is -2.43. The van der Waals surface area contributed by atoms with Crippen LogP contribution in [0, 0.1) is 5.92 Å². The number of benzene rings is 1. The number of hydrogen-bond acceptors (Lipinski definition) is 4. The maximum absolute atomic E-state index is 12.3. The maximum atomic E-state index is 12.3. The largest absolute Gasteiger partial charge is 0.455 e. The van der Waals surface area contributed by atoms with Crippen molar-refractivity contribution in [3.63, 3.8) is 0 Å². The Bertz CT molecular complexity index is 665. The molecule has 1 saturated heterocycles. The summed E-state index contributed by atoms with van der Waals surface area (Å²) < 4.78 is 6.14. The topological polar surface area (TPSA) is 66.9 Å². The second-order valence-electron chi connectivity index (χ2n) is 6.48. The number of amides is 2. The lowest BCUT2D eigenvalue weighted by atomic mass is 9.98. The highest BCUT2D eigenvalue weighted by atomic mass is 79.9. The molecule has 2 rings (SSSR count). The Morgan fingerprint density at radius 2 is 2.04 bits per heavy atom. The number of nitrogens with zero attached hydrogens (tertiary/aromatic N) is 2. The number of rotatable bonds is 6. The minimum absolute atomic E-state index is 0.0479. The third-order valence-electron chi connectivity index (χ3n) is 4.54. The van der Waals surface area contributed by atoms with Gasteiger partial charge in [-0.2, -0.15) is 0 Å². The standard InChI is InChI=1S/C19H25BrN2O4/c1-3-17(23)22-10-6-8-15(12-22)19(25)26-13-18(24)21(2)11-14-7-4-5-9-16(14)20/h4-5,7,9,15H,3,6,8,10-13H2,1-2H3. The lowest BCUT2D eigenvalue weighted by Gasteiger charge is -2.31. The average Bonchev–Trinajstić information content (AvgIpc) is 2.66. The van der Waals surface area contributed by atoms with Crippen LogP contribution in [0.2, 0.25) is 0 Å². The van der Waals surface area contributed by atoms with E-state index in [4.69, 9.17) is 4.74 Å². The van der Waals surface area contributed by atoms with Crippen LogP contribution in [0.3, 0.4) is 0 Å². The first kappa shape index (κ1) is 20.4. The highest BCUT2D eigenvalue weighted by Gasteiger charge is 2.29. The van der Waals surface area contributed by atoms with Gasteiger partial charge in [0.25, 0.3) is 5.91 Å². The second-order valence-corrected chi connectivity index (χ2v) is 7.34. The molecule has 142 valence electrons. The normalized spacial score (nSPS) is 16.9. The SMILES string of the molecule is CCC(=O)N1CCCC(C(=O)OCC(=O)N(C)Cc2ccccc2Br)C1. The molecule has 26 heavy (non-hydrogen) atoms. The number of hydrogen-bond donors (Lipinski definition) is 0. The molecule has 1 aliphatic rings. The van der Waals surface area contributed by atoms with Gasteiger partial charge in [-0.05, 0) is 24.5 Å². The van der Waals surface area contributed by atoms with E-state index in [9.17, 15) is 14.4 Å². The van der Waals surface area contributed by atoms with Crippen LogP contribution in [0.5, 0.6) is 0 Å². The molecule has 7 heteroatoms. The molecule has 1 aliphatic heterocycles. The van der Waals surface area contributed by atoms with Crippen LogP contribution in [0.25, 0.3) is 0 Å². The van der Waals surface area contributed by atoms with Crippen molar-refractivity contribution >= 4 is 33.7 Å². The van der Waals surface area contributed by atoms with Gasteiger partial charge in [0.2, 0.25) is 5.91 Å². The molecule has 1 heterocycles.